The maximum atomic E-state index is 11.0. The second-order valence-corrected chi connectivity index (χ2v) is 4.80. The Morgan fingerprint density at radius 2 is 1.75 bits per heavy atom. The van der Waals surface area contributed by atoms with Crippen molar-refractivity contribution in [2.45, 2.75) is 26.8 Å². The lowest BCUT2D eigenvalue weighted by Gasteiger charge is -2.08. The molecule has 2 aromatic carbocycles. The Morgan fingerprint density at radius 3 is 2.35 bits per heavy atom. The van der Waals surface area contributed by atoms with Crippen molar-refractivity contribution < 1.29 is 4.92 Å². The van der Waals surface area contributed by atoms with Gasteiger partial charge in [-0.05, 0) is 36.1 Å². The van der Waals surface area contributed by atoms with Gasteiger partial charge in [-0.3, -0.25) is 10.1 Å². The molecule has 2 rings (SSSR count). The minimum atomic E-state index is -0.359. The molecule has 0 saturated carbocycles. The number of hydrogen-bond donors (Lipinski definition) is 1. The topological polar surface area (TPSA) is 55.2 Å². The monoisotopic (exact) mass is 270 g/mol. The van der Waals surface area contributed by atoms with Crippen LogP contribution in [0.3, 0.4) is 0 Å². The summed E-state index contributed by atoms with van der Waals surface area (Å²) in [5.74, 6) is 0. The van der Waals surface area contributed by atoms with E-state index in [-0.39, 0.29) is 10.6 Å². The zero-order chi connectivity index (χ0) is 14.5. The van der Waals surface area contributed by atoms with Crippen LogP contribution < -0.4 is 5.32 Å². The second kappa shape index (κ2) is 6.19. The lowest BCUT2D eigenvalue weighted by atomic mass is 10.1. The highest BCUT2D eigenvalue weighted by Crippen LogP contribution is 2.25. The third kappa shape index (κ3) is 3.35. The van der Waals surface area contributed by atoms with Crippen molar-refractivity contribution in [2.24, 2.45) is 0 Å². The van der Waals surface area contributed by atoms with Crippen LogP contribution in [0.5, 0.6) is 0 Å². The zero-order valence-electron chi connectivity index (χ0n) is 11.7. The maximum Gasteiger partial charge on any atom is 0.292 e. The molecular formula is C16H18N2O2. The summed E-state index contributed by atoms with van der Waals surface area (Å²) in [7, 11) is 0. The average molecular weight is 270 g/mol. The molecule has 0 aliphatic rings. The van der Waals surface area contributed by atoms with Crippen LogP contribution in [0.1, 0.15) is 23.6 Å². The number of nitrogens with one attached hydrogen (secondary N) is 1. The van der Waals surface area contributed by atoms with E-state index in [0.717, 1.165) is 17.5 Å². The van der Waals surface area contributed by atoms with Crippen molar-refractivity contribution >= 4 is 11.4 Å². The first-order chi connectivity index (χ1) is 9.60. The van der Waals surface area contributed by atoms with Gasteiger partial charge in [0.2, 0.25) is 0 Å². The fourth-order valence-electron chi connectivity index (χ4n) is 2.04. The molecule has 2 aromatic rings. The predicted octanol–water partition coefficient (Wildman–Crippen LogP) is 4.08. The average Bonchev–Trinajstić information content (AvgIpc) is 2.45. The Hall–Kier alpha value is -2.36. The van der Waals surface area contributed by atoms with E-state index in [4.69, 9.17) is 0 Å². The van der Waals surface area contributed by atoms with Gasteiger partial charge < -0.3 is 5.32 Å². The lowest BCUT2D eigenvalue weighted by molar-refractivity contribution is -0.384. The summed E-state index contributed by atoms with van der Waals surface area (Å²) in [5.41, 5.74) is 4.07. The first-order valence-electron chi connectivity index (χ1n) is 6.67. The highest BCUT2D eigenvalue weighted by Gasteiger charge is 2.12. The van der Waals surface area contributed by atoms with Crippen molar-refractivity contribution in [2.75, 3.05) is 5.32 Å². The predicted molar refractivity (Wildman–Crippen MR) is 81.0 cm³/mol. The second-order valence-electron chi connectivity index (χ2n) is 4.80. The number of anilines is 1. The largest absolute Gasteiger partial charge is 0.375 e. The van der Waals surface area contributed by atoms with Gasteiger partial charge in [-0.15, -0.1) is 0 Å². The van der Waals surface area contributed by atoms with Crippen molar-refractivity contribution in [1.29, 1.82) is 0 Å². The maximum absolute atomic E-state index is 11.0. The molecule has 20 heavy (non-hydrogen) atoms. The molecule has 0 amide bonds. The summed E-state index contributed by atoms with van der Waals surface area (Å²) in [5, 5.41) is 14.1. The smallest absolute Gasteiger partial charge is 0.292 e. The van der Waals surface area contributed by atoms with Crippen LogP contribution in [0.2, 0.25) is 0 Å². The van der Waals surface area contributed by atoms with Crippen molar-refractivity contribution in [3.05, 3.63) is 69.3 Å². The van der Waals surface area contributed by atoms with Gasteiger partial charge >= 0.3 is 0 Å². The fraction of sp³-hybridized carbons (Fsp3) is 0.250. The summed E-state index contributed by atoms with van der Waals surface area (Å²) in [6, 6.07) is 13.4. The minimum Gasteiger partial charge on any atom is -0.375 e. The summed E-state index contributed by atoms with van der Waals surface area (Å²) in [6.45, 7) is 4.61. The van der Waals surface area contributed by atoms with Crippen LogP contribution in [-0.4, -0.2) is 4.92 Å². The van der Waals surface area contributed by atoms with E-state index in [1.165, 1.54) is 11.6 Å². The van der Waals surface area contributed by atoms with Gasteiger partial charge in [0.15, 0.2) is 0 Å². The first kappa shape index (κ1) is 14.1. The van der Waals surface area contributed by atoms with E-state index in [1.807, 2.05) is 19.1 Å². The van der Waals surface area contributed by atoms with Crippen LogP contribution in [0.15, 0.2) is 42.5 Å². The van der Waals surface area contributed by atoms with Gasteiger partial charge in [0.05, 0.1) is 4.92 Å². The number of hydrogen-bond acceptors (Lipinski definition) is 3. The molecule has 0 aromatic heterocycles. The summed E-state index contributed by atoms with van der Waals surface area (Å²) < 4.78 is 0. The van der Waals surface area contributed by atoms with Gasteiger partial charge in [-0.2, -0.15) is 0 Å². The Morgan fingerprint density at radius 1 is 1.10 bits per heavy atom. The highest BCUT2D eigenvalue weighted by atomic mass is 16.6. The minimum absolute atomic E-state index is 0.112. The third-order valence-electron chi connectivity index (χ3n) is 3.26. The molecule has 0 radical (unpaired) electrons. The van der Waals surface area contributed by atoms with Crippen LogP contribution >= 0.6 is 0 Å². The molecule has 0 heterocycles. The van der Waals surface area contributed by atoms with Gasteiger partial charge in [0.25, 0.3) is 5.69 Å². The molecule has 0 saturated heterocycles. The van der Waals surface area contributed by atoms with Gasteiger partial charge in [-0.25, -0.2) is 0 Å². The van der Waals surface area contributed by atoms with Crippen LogP contribution in [0, 0.1) is 17.0 Å². The molecule has 4 nitrogen and oxygen atoms in total. The molecule has 4 heteroatoms. The van der Waals surface area contributed by atoms with Crippen molar-refractivity contribution in [1.82, 2.24) is 0 Å². The van der Waals surface area contributed by atoms with E-state index in [2.05, 4.69) is 24.4 Å². The first-order valence-corrected chi connectivity index (χ1v) is 6.67. The van der Waals surface area contributed by atoms with Gasteiger partial charge in [0.1, 0.15) is 5.69 Å². The van der Waals surface area contributed by atoms with Crippen LogP contribution in [-0.2, 0) is 13.0 Å². The Bertz CT molecular complexity index is 606. The lowest BCUT2D eigenvalue weighted by Crippen LogP contribution is -2.03. The highest BCUT2D eigenvalue weighted by molar-refractivity contribution is 5.62. The molecule has 104 valence electrons. The molecule has 0 spiro atoms. The summed E-state index contributed by atoms with van der Waals surface area (Å²) in [6.07, 6.45) is 1.01. The van der Waals surface area contributed by atoms with E-state index in [0.29, 0.717) is 12.2 Å². The van der Waals surface area contributed by atoms with E-state index < -0.39 is 0 Å². The molecule has 1 N–H and O–H groups in total. The van der Waals surface area contributed by atoms with E-state index in [1.54, 1.807) is 12.1 Å². The van der Waals surface area contributed by atoms with Crippen molar-refractivity contribution in [3.8, 4) is 0 Å². The van der Waals surface area contributed by atoms with E-state index in [9.17, 15) is 10.1 Å². The summed E-state index contributed by atoms with van der Waals surface area (Å²) in [4.78, 5) is 10.6. The number of aryl methyl sites for hydroxylation is 2. The normalized spacial score (nSPS) is 10.3. The zero-order valence-corrected chi connectivity index (χ0v) is 11.7. The number of nitrogens with zero attached hydrogens (tertiary/aromatic N) is 1. The van der Waals surface area contributed by atoms with E-state index >= 15 is 0 Å². The molecule has 0 bridgehead atoms. The molecule has 0 aliphatic heterocycles. The third-order valence-corrected chi connectivity index (χ3v) is 3.26. The fourth-order valence-corrected chi connectivity index (χ4v) is 2.04. The Balaban J connectivity index is 2.13. The van der Waals surface area contributed by atoms with Crippen LogP contribution in [0.25, 0.3) is 0 Å². The molecule has 0 aliphatic carbocycles. The molecule has 0 atom stereocenters. The SMILES string of the molecule is CCc1ccc(CNc2cc(C)ccc2[N+](=O)[O-])cc1. The molecule has 0 unspecified atom stereocenters. The standard InChI is InChI=1S/C16H18N2O2/c1-3-13-5-7-14(8-6-13)11-17-15-10-12(2)4-9-16(15)18(19)20/h4-10,17H,3,11H2,1-2H3. The van der Waals surface area contributed by atoms with Crippen molar-refractivity contribution in [3.63, 3.8) is 0 Å². The molecular weight excluding hydrogens is 252 g/mol. The Labute approximate surface area is 118 Å². The number of nitro groups is 1. The molecule has 0 fully saturated rings. The quantitative estimate of drug-likeness (QED) is 0.658. The number of benzene rings is 2. The Kier molecular flexibility index (Phi) is 4.35. The van der Waals surface area contributed by atoms with Crippen LogP contribution in [0.4, 0.5) is 11.4 Å². The number of rotatable bonds is 5. The van der Waals surface area contributed by atoms with Gasteiger partial charge in [0, 0.05) is 12.6 Å². The van der Waals surface area contributed by atoms with Gasteiger partial charge in [-0.1, -0.05) is 37.3 Å². The summed E-state index contributed by atoms with van der Waals surface area (Å²) >= 11 is 0. The number of nitro benzene ring substituents is 1.